The fourth-order valence-corrected chi connectivity index (χ4v) is 3.86. The molecule has 0 spiro atoms. The average Bonchev–Trinajstić information content (AvgIpc) is 2.62. The standard InChI is InChI=1S/C20H32N2O2/c1-3-23-19-13-16-8-11-22(12-9-18-7-5-6-10-21-18)15-17(16)14-20(19)24-4-2/h13-14,18,21H,3-12,15H2,1-2H3. The van der Waals surface area contributed by atoms with Crippen LogP contribution in [0.5, 0.6) is 11.5 Å². The summed E-state index contributed by atoms with van der Waals surface area (Å²) in [7, 11) is 0. The van der Waals surface area contributed by atoms with E-state index < -0.39 is 0 Å². The quantitative estimate of drug-likeness (QED) is 0.830. The third-order valence-corrected chi connectivity index (χ3v) is 5.16. The van der Waals surface area contributed by atoms with Gasteiger partial charge in [-0.2, -0.15) is 0 Å². The van der Waals surface area contributed by atoms with Crippen molar-refractivity contribution < 1.29 is 9.47 Å². The molecule has 1 fully saturated rings. The highest BCUT2D eigenvalue weighted by Gasteiger charge is 2.21. The first kappa shape index (κ1) is 17.6. The molecule has 1 aromatic carbocycles. The zero-order valence-electron chi connectivity index (χ0n) is 15.3. The molecule has 24 heavy (non-hydrogen) atoms. The van der Waals surface area contributed by atoms with Crippen LogP contribution in [0.15, 0.2) is 12.1 Å². The van der Waals surface area contributed by atoms with E-state index in [0.717, 1.165) is 37.1 Å². The molecule has 1 aromatic rings. The van der Waals surface area contributed by atoms with E-state index in [9.17, 15) is 0 Å². The summed E-state index contributed by atoms with van der Waals surface area (Å²) in [6.45, 7) is 9.98. The summed E-state index contributed by atoms with van der Waals surface area (Å²) in [6.07, 6.45) is 6.45. The molecule has 3 rings (SSSR count). The van der Waals surface area contributed by atoms with Crippen molar-refractivity contribution in [3.05, 3.63) is 23.3 Å². The van der Waals surface area contributed by atoms with Gasteiger partial charge in [-0.1, -0.05) is 6.42 Å². The van der Waals surface area contributed by atoms with Gasteiger partial charge in [0.2, 0.25) is 0 Å². The third kappa shape index (κ3) is 4.42. The summed E-state index contributed by atoms with van der Waals surface area (Å²) in [5, 5.41) is 3.66. The maximum Gasteiger partial charge on any atom is 0.161 e. The Hall–Kier alpha value is -1.26. The normalized spacial score (nSPS) is 21.3. The van der Waals surface area contributed by atoms with Crippen molar-refractivity contribution in [3.8, 4) is 11.5 Å². The van der Waals surface area contributed by atoms with E-state index in [4.69, 9.17) is 9.47 Å². The lowest BCUT2D eigenvalue weighted by atomic mass is 9.97. The monoisotopic (exact) mass is 332 g/mol. The van der Waals surface area contributed by atoms with Crippen molar-refractivity contribution >= 4 is 0 Å². The average molecular weight is 332 g/mol. The molecular formula is C20H32N2O2. The smallest absolute Gasteiger partial charge is 0.161 e. The molecule has 1 N–H and O–H groups in total. The predicted molar refractivity (Wildman–Crippen MR) is 98.0 cm³/mol. The Morgan fingerprint density at radius 2 is 1.83 bits per heavy atom. The second-order valence-corrected chi connectivity index (χ2v) is 6.90. The van der Waals surface area contributed by atoms with Gasteiger partial charge in [-0.25, -0.2) is 0 Å². The maximum absolute atomic E-state index is 5.79. The first-order chi connectivity index (χ1) is 11.8. The van der Waals surface area contributed by atoms with E-state index >= 15 is 0 Å². The number of hydrogen-bond acceptors (Lipinski definition) is 4. The molecular weight excluding hydrogens is 300 g/mol. The molecule has 0 aliphatic carbocycles. The summed E-state index contributed by atoms with van der Waals surface area (Å²) >= 11 is 0. The molecule has 2 heterocycles. The zero-order chi connectivity index (χ0) is 16.8. The number of benzene rings is 1. The van der Waals surface area contributed by atoms with Gasteiger partial charge in [-0.05, 0) is 75.9 Å². The number of fused-ring (bicyclic) bond motifs is 1. The Bertz CT molecular complexity index is 527. The lowest BCUT2D eigenvalue weighted by molar-refractivity contribution is 0.228. The summed E-state index contributed by atoms with van der Waals surface area (Å²) in [5.41, 5.74) is 2.83. The molecule has 0 saturated carbocycles. The van der Waals surface area contributed by atoms with E-state index in [-0.39, 0.29) is 0 Å². The van der Waals surface area contributed by atoms with Gasteiger partial charge in [0.15, 0.2) is 11.5 Å². The molecule has 134 valence electrons. The summed E-state index contributed by atoms with van der Waals surface area (Å²) in [5.74, 6) is 1.80. The molecule has 0 bridgehead atoms. The van der Waals surface area contributed by atoms with Crippen molar-refractivity contribution in [2.75, 3.05) is 32.8 Å². The van der Waals surface area contributed by atoms with Crippen molar-refractivity contribution in [1.29, 1.82) is 0 Å². The van der Waals surface area contributed by atoms with Crippen LogP contribution in [0, 0.1) is 0 Å². The number of nitrogens with zero attached hydrogens (tertiary/aromatic N) is 1. The minimum absolute atomic E-state index is 0.677. The van der Waals surface area contributed by atoms with E-state index in [1.54, 1.807) is 0 Å². The lowest BCUT2D eigenvalue weighted by Gasteiger charge is -2.32. The minimum atomic E-state index is 0.677. The number of ether oxygens (including phenoxy) is 2. The van der Waals surface area contributed by atoms with Gasteiger partial charge in [0.05, 0.1) is 13.2 Å². The molecule has 0 aromatic heterocycles. The molecule has 4 heteroatoms. The topological polar surface area (TPSA) is 33.7 Å². The predicted octanol–water partition coefficient (Wildman–Crippen LogP) is 3.37. The van der Waals surface area contributed by atoms with Crippen molar-refractivity contribution in [2.45, 2.75) is 58.5 Å². The fourth-order valence-electron chi connectivity index (χ4n) is 3.86. The highest BCUT2D eigenvalue weighted by Crippen LogP contribution is 2.34. The van der Waals surface area contributed by atoms with Gasteiger partial charge in [0.25, 0.3) is 0 Å². The highest BCUT2D eigenvalue weighted by molar-refractivity contribution is 5.48. The lowest BCUT2D eigenvalue weighted by Crippen LogP contribution is -2.39. The molecule has 0 radical (unpaired) electrons. The maximum atomic E-state index is 5.79. The Labute approximate surface area is 146 Å². The molecule has 0 amide bonds. The molecule has 2 aliphatic rings. The largest absolute Gasteiger partial charge is 0.490 e. The van der Waals surface area contributed by atoms with Crippen LogP contribution >= 0.6 is 0 Å². The van der Waals surface area contributed by atoms with Crippen LogP contribution in [0.3, 0.4) is 0 Å². The Morgan fingerprint density at radius 3 is 2.50 bits per heavy atom. The summed E-state index contributed by atoms with van der Waals surface area (Å²) < 4.78 is 11.6. The molecule has 1 unspecified atom stereocenters. The van der Waals surface area contributed by atoms with Crippen LogP contribution in [-0.2, 0) is 13.0 Å². The van der Waals surface area contributed by atoms with E-state index in [1.807, 2.05) is 13.8 Å². The van der Waals surface area contributed by atoms with Gasteiger partial charge < -0.3 is 14.8 Å². The van der Waals surface area contributed by atoms with Gasteiger partial charge in [0, 0.05) is 19.1 Å². The second-order valence-electron chi connectivity index (χ2n) is 6.90. The van der Waals surface area contributed by atoms with Crippen LogP contribution in [0.2, 0.25) is 0 Å². The third-order valence-electron chi connectivity index (χ3n) is 5.16. The van der Waals surface area contributed by atoms with Crippen molar-refractivity contribution in [3.63, 3.8) is 0 Å². The number of nitrogens with one attached hydrogen (secondary N) is 1. The minimum Gasteiger partial charge on any atom is -0.490 e. The van der Waals surface area contributed by atoms with Gasteiger partial charge in [-0.3, -0.25) is 4.90 Å². The van der Waals surface area contributed by atoms with E-state index in [0.29, 0.717) is 13.2 Å². The van der Waals surface area contributed by atoms with Gasteiger partial charge in [0.1, 0.15) is 0 Å². The molecule has 1 atom stereocenters. The number of hydrogen-bond donors (Lipinski definition) is 1. The van der Waals surface area contributed by atoms with E-state index in [2.05, 4.69) is 22.3 Å². The molecule has 4 nitrogen and oxygen atoms in total. The molecule has 1 saturated heterocycles. The van der Waals surface area contributed by atoms with Crippen LogP contribution in [0.25, 0.3) is 0 Å². The highest BCUT2D eigenvalue weighted by atomic mass is 16.5. The van der Waals surface area contributed by atoms with Crippen LogP contribution in [0.1, 0.15) is 50.7 Å². The first-order valence-electron chi connectivity index (χ1n) is 9.67. The number of piperidine rings is 1. The molecule has 2 aliphatic heterocycles. The van der Waals surface area contributed by atoms with Crippen molar-refractivity contribution in [2.24, 2.45) is 0 Å². The zero-order valence-corrected chi connectivity index (χ0v) is 15.3. The van der Waals surface area contributed by atoms with Crippen molar-refractivity contribution in [1.82, 2.24) is 10.2 Å². The second kappa shape index (κ2) is 8.72. The Morgan fingerprint density at radius 1 is 1.08 bits per heavy atom. The summed E-state index contributed by atoms with van der Waals surface area (Å²) in [4.78, 5) is 2.59. The fraction of sp³-hybridized carbons (Fsp3) is 0.700. The van der Waals surface area contributed by atoms with E-state index in [1.165, 1.54) is 49.9 Å². The SMILES string of the molecule is CCOc1cc2c(cc1OCC)CN(CCC1CCCCN1)CC2. The van der Waals surface area contributed by atoms with Crippen LogP contribution in [0.4, 0.5) is 0 Å². The van der Waals surface area contributed by atoms with Gasteiger partial charge in [-0.15, -0.1) is 0 Å². The van der Waals surface area contributed by atoms with Crippen LogP contribution < -0.4 is 14.8 Å². The number of rotatable bonds is 7. The first-order valence-corrected chi connectivity index (χ1v) is 9.67. The Balaban J connectivity index is 1.62. The van der Waals surface area contributed by atoms with Gasteiger partial charge >= 0.3 is 0 Å². The van der Waals surface area contributed by atoms with Crippen LogP contribution in [-0.4, -0.2) is 43.8 Å². The summed E-state index contributed by atoms with van der Waals surface area (Å²) in [6, 6.07) is 5.12. The Kier molecular flexibility index (Phi) is 6.38.